The van der Waals surface area contributed by atoms with E-state index in [2.05, 4.69) is 41.9 Å². The van der Waals surface area contributed by atoms with Gasteiger partial charge in [0.15, 0.2) is 0 Å². The summed E-state index contributed by atoms with van der Waals surface area (Å²) in [7, 11) is 0. The van der Waals surface area contributed by atoms with Gasteiger partial charge in [0, 0.05) is 5.41 Å². The maximum absolute atomic E-state index is 13.2. The van der Waals surface area contributed by atoms with Crippen LogP contribution < -0.4 is 4.74 Å². The summed E-state index contributed by atoms with van der Waals surface area (Å²) in [5.41, 5.74) is 2.03. The van der Waals surface area contributed by atoms with Crippen LogP contribution in [0.5, 0.6) is 5.75 Å². The van der Waals surface area contributed by atoms with Crippen LogP contribution in [0.3, 0.4) is 0 Å². The van der Waals surface area contributed by atoms with Crippen molar-refractivity contribution in [1.29, 1.82) is 0 Å². The Balaban J connectivity index is 1.93. The van der Waals surface area contributed by atoms with E-state index in [1.165, 1.54) is 11.6 Å². The fourth-order valence-corrected chi connectivity index (χ4v) is 2.73. The van der Waals surface area contributed by atoms with Crippen molar-refractivity contribution < 1.29 is 13.9 Å². The first-order chi connectivity index (χ1) is 10.9. The van der Waals surface area contributed by atoms with Crippen molar-refractivity contribution in [3.05, 3.63) is 63.9 Å². The third-order valence-electron chi connectivity index (χ3n) is 3.66. The molecular formula is C19H22BrFO2. The molecule has 0 amide bonds. The van der Waals surface area contributed by atoms with E-state index in [-0.39, 0.29) is 11.2 Å². The van der Waals surface area contributed by atoms with Gasteiger partial charge in [-0.3, -0.25) is 0 Å². The van der Waals surface area contributed by atoms with E-state index in [0.717, 1.165) is 11.3 Å². The van der Waals surface area contributed by atoms with E-state index in [9.17, 15) is 4.39 Å². The van der Waals surface area contributed by atoms with Crippen molar-refractivity contribution in [3.63, 3.8) is 0 Å². The quantitative estimate of drug-likeness (QED) is 0.632. The summed E-state index contributed by atoms with van der Waals surface area (Å²) in [6.45, 7) is 7.96. The molecule has 4 heteroatoms. The van der Waals surface area contributed by atoms with E-state index in [4.69, 9.17) is 9.47 Å². The minimum atomic E-state index is -0.261. The molecule has 0 saturated heterocycles. The van der Waals surface area contributed by atoms with Gasteiger partial charge in [-0.2, -0.15) is 0 Å². The van der Waals surface area contributed by atoms with Gasteiger partial charge in [-0.05, 0) is 58.2 Å². The van der Waals surface area contributed by atoms with Gasteiger partial charge in [-0.15, -0.1) is 0 Å². The third-order valence-corrected chi connectivity index (χ3v) is 4.27. The number of ether oxygens (including phenoxy) is 2. The average Bonchev–Trinajstić information content (AvgIpc) is 2.51. The Morgan fingerprint density at radius 2 is 1.78 bits per heavy atom. The standard InChI is InChI=1S/C19H22BrFO2/c1-4-23-16-8-6-15(7-9-16)19(2,3)13-22-12-14-5-10-18(21)17(20)11-14/h5-11H,4,12-13H2,1-3H3. The second-order valence-corrected chi connectivity index (χ2v) is 6.94. The van der Waals surface area contributed by atoms with Crippen LogP contribution in [0.25, 0.3) is 0 Å². The van der Waals surface area contributed by atoms with Crippen molar-refractivity contribution in [2.24, 2.45) is 0 Å². The molecule has 0 aliphatic carbocycles. The number of hydrogen-bond donors (Lipinski definition) is 0. The summed E-state index contributed by atoms with van der Waals surface area (Å²) in [6.07, 6.45) is 0. The third kappa shape index (κ3) is 5.05. The molecule has 0 bridgehead atoms. The fraction of sp³-hybridized carbons (Fsp3) is 0.368. The van der Waals surface area contributed by atoms with Gasteiger partial charge >= 0.3 is 0 Å². The Morgan fingerprint density at radius 3 is 2.39 bits per heavy atom. The summed E-state index contributed by atoms with van der Waals surface area (Å²) >= 11 is 3.19. The molecule has 23 heavy (non-hydrogen) atoms. The molecule has 0 heterocycles. The van der Waals surface area contributed by atoms with E-state index < -0.39 is 0 Å². The molecular weight excluding hydrogens is 359 g/mol. The van der Waals surface area contributed by atoms with Gasteiger partial charge in [0.1, 0.15) is 11.6 Å². The Labute approximate surface area is 145 Å². The molecule has 2 rings (SSSR count). The highest BCUT2D eigenvalue weighted by Crippen LogP contribution is 2.26. The number of halogens is 2. The first-order valence-electron chi connectivity index (χ1n) is 7.67. The van der Waals surface area contributed by atoms with E-state index in [1.807, 2.05) is 19.1 Å². The molecule has 2 aromatic rings. The monoisotopic (exact) mass is 380 g/mol. The Hall–Kier alpha value is -1.39. The topological polar surface area (TPSA) is 18.5 Å². The lowest BCUT2D eigenvalue weighted by atomic mass is 9.85. The van der Waals surface area contributed by atoms with Crippen molar-refractivity contribution >= 4 is 15.9 Å². The van der Waals surface area contributed by atoms with E-state index in [1.54, 1.807) is 12.1 Å². The van der Waals surface area contributed by atoms with Crippen LogP contribution in [0.1, 0.15) is 31.9 Å². The predicted molar refractivity (Wildman–Crippen MR) is 94.4 cm³/mol. The van der Waals surface area contributed by atoms with Crippen LogP contribution in [0, 0.1) is 5.82 Å². The highest BCUT2D eigenvalue weighted by atomic mass is 79.9. The second kappa shape index (κ2) is 7.93. The maximum Gasteiger partial charge on any atom is 0.137 e. The molecule has 0 aromatic heterocycles. The Kier molecular flexibility index (Phi) is 6.19. The summed E-state index contributed by atoms with van der Waals surface area (Å²) in [5, 5.41) is 0. The van der Waals surface area contributed by atoms with Gasteiger partial charge in [0.2, 0.25) is 0 Å². The van der Waals surface area contributed by atoms with Crippen molar-refractivity contribution in [3.8, 4) is 5.75 Å². The van der Waals surface area contributed by atoms with Crippen molar-refractivity contribution in [1.82, 2.24) is 0 Å². The van der Waals surface area contributed by atoms with Crippen LogP contribution in [-0.2, 0) is 16.8 Å². The molecule has 0 radical (unpaired) electrons. The zero-order valence-electron chi connectivity index (χ0n) is 13.7. The van der Waals surface area contributed by atoms with Gasteiger partial charge in [0.05, 0.1) is 24.3 Å². The lowest BCUT2D eigenvalue weighted by Crippen LogP contribution is -2.24. The van der Waals surface area contributed by atoms with E-state index >= 15 is 0 Å². The van der Waals surface area contributed by atoms with Gasteiger partial charge < -0.3 is 9.47 Å². The first kappa shape index (κ1) is 18.0. The molecule has 0 aliphatic rings. The normalized spacial score (nSPS) is 11.5. The number of hydrogen-bond acceptors (Lipinski definition) is 2. The van der Waals surface area contributed by atoms with Crippen molar-refractivity contribution in [2.75, 3.05) is 13.2 Å². The Morgan fingerprint density at radius 1 is 1.09 bits per heavy atom. The molecule has 0 N–H and O–H groups in total. The van der Waals surface area contributed by atoms with Crippen LogP contribution in [-0.4, -0.2) is 13.2 Å². The molecule has 0 aliphatic heterocycles. The maximum atomic E-state index is 13.2. The van der Waals surface area contributed by atoms with Crippen LogP contribution >= 0.6 is 15.9 Å². The lowest BCUT2D eigenvalue weighted by Gasteiger charge is -2.25. The van der Waals surface area contributed by atoms with Gasteiger partial charge in [-0.1, -0.05) is 32.0 Å². The first-order valence-corrected chi connectivity index (χ1v) is 8.46. The second-order valence-electron chi connectivity index (χ2n) is 6.08. The van der Waals surface area contributed by atoms with Crippen LogP contribution in [0.2, 0.25) is 0 Å². The minimum absolute atomic E-state index is 0.109. The summed E-state index contributed by atoms with van der Waals surface area (Å²) in [4.78, 5) is 0. The molecule has 0 atom stereocenters. The highest BCUT2D eigenvalue weighted by molar-refractivity contribution is 9.10. The van der Waals surface area contributed by atoms with Gasteiger partial charge in [-0.25, -0.2) is 4.39 Å². The average molecular weight is 381 g/mol. The predicted octanol–water partition coefficient (Wildman–Crippen LogP) is 5.48. The lowest BCUT2D eigenvalue weighted by molar-refractivity contribution is 0.0824. The summed E-state index contributed by atoms with van der Waals surface area (Å²) in [5.74, 6) is 0.618. The molecule has 0 unspecified atom stereocenters. The summed E-state index contributed by atoms with van der Waals surface area (Å²) < 4.78 is 25.0. The van der Waals surface area contributed by atoms with Gasteiger partial charge in [0.25, 0.3) is 0 Å². The van der Waals surface area contributed by atoms with Crippen molar-refractivity contribution in [2.45, 2.75) is 32.8 Å². The highest BCUT2D eigenvalue weighted by Gasteiger charge is 2.21. The molecule has 0 fully saturated rings. The number of rotatable bonds is 7. The smallest absolute Gasteiger partial charge is 0.137 e. The molecule has 2 aromatic carbocycles. The SMILES string of the molecule is CCOc1ccc(C(C)(C)COCc2ccc(F)c(Br)c2)cc1. The molecule has 0 spiro atoms. The molecule has 0 saturated carbocycles. The van der Waals surface area contributed by atoms with Crippen LogP contribution in [0.4, 0.5) is 4.39 Å². The molecule has 124 valence electrons. The minimum Gasteiger partial charge on any atom is -0.494 e. The fourth-order valence-electron chi connectivity index (χ4n) is 2.31. The Bertz CT molecular complexity index is 638. The summed E-state index contributed by atoms with van der Waals surface area (Å²) in [6, 6.07) is 13.0. The van der Waals surface area contributed by atoms with Crippen LogP contribution in [0.15, 0.2) is 46.9 Å². The van der Waals surface area contributed by atoms with E-state index in [0.29, 0.717) is 24.3 Å². The largest absolute Gasteiger partial charge is 0.494 e. The zero-order valence-corrected chi connectivity index (χ0v) is 15.3. The zero-order chi connectivity index (χ0) is 16.9. The molecule has 2 nitrogen and oxygen atoms in total. The number of benzene rings is 2.